The molecule has 0 saturated carbocycles. The lowest BCUT2D eigenvalue weighted by Crippen LogP contribution is -2.36. The molecule has 34 heavy (non-hydrogen) atoms. The standard InChI is InChI=1S/C23H23N7O3S/c1-2-21-28-19(14-34-21)29-23(32)27-18(13-33-22(24)31)17-9-8-15(12-25-17)16-6-5-7-20(26-16)30-10-3-4-11-30/h1,5-9,12,14,18H,3-4,10-11,13H2,(H2,24,31)(H2,27,29,32). The molecule has 3 amide bonds. The Hall–Kier alpha value is -4.17. The summed E-state index contributed by atoms with van der Waals surface area (Å²) in [6.07, 6.45) is 8.36. The van der Waals surface area contributed by atoms with Crippen LogP contribution in [0.15, 0.2) is 41.9 Å². The predicted octanol–water partition coefficient (Wildman–Crippen LogP) is 3.14. The predicted molar refractivity (Wildman–Crippen MR) is 129 cm³/mol. The van der Waals surface area contributed by atoms with E-state index in [0.717, 1.165) is 30.2 Å². The number of terminal acetylenes is 1. The van der Waals surface area contributed by atoms with Crippen LogP contribution in [-0.4, -0.2) is 46.8 Å². The Morgan fingerprint density at radius 3 is 2.74 bits per heavy atom. The molecule has 1 aliphatic heterocycles. The van der Waals surface area contributed by atoms with Crippen LogP contribution < -0.4 is 21.3 Å². The second kappa shape index (κ2) is 10.6. The molecule has 11 heteroatoms. The maximum Gasteiger partial charge on any atom is 0.404 e. The molecule has 1 atom stereocenters. The molecule has 0 aliphatic carbocycles. The zero-order valence-electron chi connectivity index (χ0n) is 18.2. The summed E-state index contributed by atoms with van der Waals surface area (Å²) in [6, 6.07) is 8.21. The van der Waals surface area contributed by atoms with Crippen LogP contribution in [0.2, 0.25) is 0 Å². The molecular formula is C23H23N7O3S. The second-order valence-corrected chi connectivity index (χ2v) is 8.37. The number of ether oxygens (including phenoxy) is 1. The van der Waals surface area contributed by atoms with E-state index < -0.39 is 18.2 Å². The highest BCUT2D eigenvalue weighted by atomic mass is 32.1. The summed E-state index contributed by atoms with van der Waals surface area (Å²) in [7, 11) is 0. The van der Waals surface area contributed by atoms with E-state index in [-0.39, 0.29) is 6.61 Å². The maximum absolute atomic E-state index is 12.5. The number of hydrogen-bond donors (Lipinski definition) is 3. The van der Waals surface area contributed by atoms with Gasteiger partial charge in [-0.3, -0.25) is 10.3 Å². The number of anilines is 2. The lowest BCUT2D eigenvalue weighted by molar-refractivity contribution is 0.143. The maximum atomic E-state index is 12.5. The molecule has 1 aliphatic rings. The topological polar surface area (TPSA) is 135 Å². The van der Waals surface area contributed by atoms with Crippen LogP contribution in [0.5, 0.6) is 0 Å². The number of amides is 3. The zero-order valence-corrected chi connectivity index (χ0v) is 19.0. The van der Waals surface area contributed by atoms with Crippen molar-refractivity contribution in [3.05, 3.63) is 52.6 Å². The van der Waals surface area contributed by atoms with Crippen molar-refractivity contribution in [3.8, 4) is 23.6 Å². The number of carbonyl (C=O) groups is 2. The van der Waals surface area contributed by atoms with E-state index in [9.17, 15) is 9.59 Å². The second-order valence-electron chi connectivity index (χ2n) is 7.51. The average Bonchev–Trinajstić information content (AvgIpc) is 3.54. The summed E-state index contributed by atoms with van der Waals surface area (Å²) < 4.78 is 4.92. The molecule has 4 heterocycles. The number of carbonyl (C=O) groups excluding carboxylic acids is 2. The fourth-order valence-electron chi connectivity index (χ4n) is 3.54. The lowest BCUT2D eigenvalue weighted by Gasteiger charge is -2.19. The Balaban J connectivity index is 1.48. The van der Waals surface area contributed by atoms with E-state index in [2.05, 4.69) is 31.4 Å². The van der Waals surface area contributed by atoms with Gasteiger partial charge in [0.1, 0.15) is 24.3 Å². The molecule has 0 spiro atoms. The number of nitrogens with one attached hydrogen (secondary N) is 2. The van der Waals surface area contributed by atoms with Crippen molar-refractivity contribution in [1.82, 2.24) is 20.3 Å². The molecule has 174 valence electrons. The van der Waals surface area contributed by atoms with Crippen molar-refractivity contribution < 1.29 is 14.3 Å². The number of rotatable bonds is 7. The summed E-state index contributed by atoms with van der Waals surface area (Å²) in [5.41, 5.74) is 7.22. The van der Waals surface area contributed by atoms with Crippen molar-refractivity contribution in [1.29, 1.82) is 0 Å². The van der Waals surface area contributed by atoms with Gasteiger partial charge in [0.05, 0.1) is 11.4 Å². The molecular weight excluding hydrogens is 454 g/mol. The van der Waals surface area contributed by atoms with Crippen LogP contribution in [0.3, 0.4) is 0 Å². The summed E-state index contributed by atoms with van der Waals surface area (Å²) >= 11 is 1.23. The molecule has 0 aromatic carbocycles. The molecule has 3 aromatic heterocycles. The van der Waals surface area contributed by atoms with E-state index in [1.807, 2.05) is 24.3 Å². The normalized spacial score (nSPS) is 13.7. The van der Waals surface area contributed by atoms with Crippen molar-refractivity contribution >= 4 is 35.1 Å². The van der Waals surface area contributed by atoms with Gasteiger partial charge in [-0.25, -0.2) is 19.6 Å². The third-order valence-electron chi connectivity index (χ3n) is 5.17. The first-order valence-corrected chi connectivity index (χ1v) is 11.5. The Kier molecular flexibility index (Phi) is 7.19. The van der Waals surface area contributed by atoms with Crippen LogP contribution in [0.25, 0.3) is 11.3 Å². The SMILES string of the molecule is C#Cc1nc(NC(=O)NC(COC(N)=O)c2ccc(-c3cccc(N4CCCC4)n3)cn2)cs1. The summed E-state index contributed by atoms with van der Waals surface area (Å²) in [5.74, 6) is 3.67. The van der Waals surface area contributed by atoms with Gasteiger partial charge in [-0.15, -0.1) is 17.8 Å². The Labute approximate surface area is 200 Å². The van der Waals surface area contributed by atoms with Gasteiger partial charge in [-0.05, 0) is 43.0 Å². The van der Waals surface area contributed by atoms with Gasteiger partial charge >= 0.3 is 12.1 Å². The van der Waals surface area contributed by atoms with Gasteiger partial charge in [0.15, 0.2) is 5.01 Å². The van der Waals surface area contributed by atoms with Gasteiger partial charge in [-0.2, -0.15) is 0 Å². The highest BCUT2D eigenvalue weighted by Gasteiger charge is 2.19. The first-order chi connectivity index (χ1) is 16.5. The van der Waals surface area contributed by atoms with Crippen LogP contribution in [0.4, 0.5) is 21.2 Å². The number of nitrogens with zero attached hydrogens (tertiary/aromatic N) is 4. The molecule has 1 fully saturated rings. The van der Waals surface area contributed by atoms with Gasteiger partial charge in [0.2, 0.25) is 0 Å². The first-order valence-electron chi connectivity index (χ1n) is 10.6. The summed E-state index contributed by atoms with van der Waals surface area (Å²) in [4.78, 5) is 39.2. The Bertz CT molecular complexity index is 1200. The van der Waals surface area contributed by atoms with E-state index >= 15 is 0 Å². The van der Waals surface area contributed by atoms with Gasteiger partial charge < -0.3 is 20.7 Å². The lowest BCUT2D eigenvalue weighted by atomic mass is 10.1. The molecule has 1 saturated heterocycles. The summed E-state index contributed by atoms with van der Waals surface area (Å²) in [5, 5.41) is 7.38. The first kappa shape index (κ1) is 23.0. The molecule has 1 unspecified atom stereocenters. The molecule has 0 radical (unpaired) electrons. The van der Waals surface area contributed by atoms with Crippen LogP contribution in [0, 0.1) is 12.3 Å². The number of urea groups is 1. The van der Waals surface area contributed by atoms with Crippen LogP contribution in [0.1, 0.15) is 29.6 Å². The van der Waals surface area contributed by atoms with E-state index in [0.29, 0.717) is 16.5 Å². The minimum atomic E-state index is -0.954. The van der Waals surface area contributed by atoms with Crippen molar-refractivity contribution in [3.63, 3.8) is 0 Å². The van der Waals surface area contributed by atoms with Crippen molar-refractivity contribution in [2.24, 2.45) is 5.73 Å². The molecule has 10 nitrogen and oxygen atoms in total. The number of primary amides is 1. The van der Waals surface area contributed by atoms with Crippen LogP contribution in [-0.2, 0) is 4.74 Å². The number of thiazole rings is 1. The fourth-order valence-corrected chi connectivity index (χ4v) is 4.10. The third kappa shape index (κ3) is 5.79. The molecule has 0 bridgehead atoms. The van der Waals surface area contributed by atoms with Gasteiger partial charge in [0, 0.05) is 30.2 Å². The van der Waals surface area contributed by atoms with Gasteiger partial charge in [-0.1, -0.05) is 6.07 Å². The molecule has 4 rings (SSSR count). The fraction of sp³-hybridized carbons (Fsp3) is 0.261. The number of hydrogen-bond acceptors (Lipinski definition) is 8. The van der Waals surface area contributed by atoms with Crippen LogP contribution >= 0.6 is 11.3 Å². The van der Waals surface area contributed by atoms with Crippen molar-refractivity contribution in [2.45, 2.75) is 18.9 Å². The Morgan fingerprint density at radius 1 is 1.24 bits per heavy atom. The van der Waals surface area contributed by atoms with Crippen molar-refractivity contribution in [2.75, 3.05) is 29.9 Å². The average molecular weight is 478 g/mol. The monoisotopic (exact) mass is 477 g/mol. The zero-order chi connectivity index (χ0) is 23.9. The minimum Gasteiger partial charge on any atom is -0.447 e. The third-order valence-corrected chi connectivity index (χ3v) is 5.94. The number of pyridine rings is 2. The summed E-state index contributed by atoms with van der Waals surface area (Å²) in [6.45, 7) is 1.83. The van der Waals surface area contributed by atoms with E-state index in [1.165, 1.54) is 24.2 Å². The minimum absolute atomic E-state index is 0.190. The van der Waals surface area contributed by atoms with E-state index in [4.69, 9.17) is 21.9 Å². The Morgan fingerprint density at radius 2 is 2.06 bits per heavy atom. The molecule has 3 aromatic rings. The quantitative estimate of drug-likeness (QED) is 0.445. The highest BCUT2D eigenvalue weighted by molar-refractivity contribution is 7.10. The van der Waals surface area contributed by atoms with Gasteiger partial charge in [0.25, 0.3) is 0 Å². The molecule has 4 N–H and O–H groups in total. The number of nitrogens with two attached hydrogens (primary N) is 1. The highest BCUT2D eigenvalue weighted by Crippen LogP contribution is 2.24. The van der Waals surface area contributed by atoms with E-state index in [1.54, 1.807) is 17.6 Å². The largest absolute Gasteiger partial charge is 0.447 e. The number of aromatic nitrogens is 3. The smallest absolute Gasteiger partial charge is 0.404 e.